The quantitative estimate of drug-likeness (QED) is 0.392. The van der Waals surface area contributed by atoms with Crippen LogP contribution in [0.4, 0.5) is 15.6 Å². The number of likely N-dealkylation sites (tertiary alicyclic amines) is 1. The van der Waals surface area contributed by atoms with Gasteiger partial charge in [0.15, 0.2) is 5.13 Å². The standard InChI is InChI=1S/C26H32N6O3S/c1-26(2,3)21-17-28-22(35-21)11-10-20-16-29-25(36-20)31-24(34)30-19-8-6-18(7-9-19)23(33)27-12-15-32-13-4-5-14-32/h6-11,16-17H,4-5,12-15H2,1-3H3,(H,27,33)(H2,29,30,31,34). The molecule has 1 aromatic carbocycles. The summed E-state index contributed by atoms with van der Waals surface area (Å²) in [5.41, 5.74) is 1.03. The maximum Gasteiger partial charge on any atom is 0.325 e. The molecule has 4 rings (SSSR count). The van der Waals surface area contributed by atoms with Gasteiger partial charge in [0.1, 0.15) is 5.76 Å². The Morgan fingerprint density at radius 1 is 1.06 bits per heavy atom. The van der Waals surface area contributed by atoms with E-state index in [2.05, 4.69) is 51.6 Å². The van der Waals surface area contributed by atoms with Crippen molar-refractivity contribution in [1.29, 1.82) is 0 Å². The first kappa shape index (κ1) is 25.6. The molecule has 0 unspecified atom stereocenters. The first-order chi connectivity index (χ1) is 17.3. The Labute approximate surface area is 215 Å². The van der Waals surface area contributed by atoms with Crippen LogP contribution in [-0.4, -0.2) is 53.0 Å². The number of aromatic nitrogens is 2. The van der Waals surface area contributed by atoms with E-state index in [-0.39, 0.29) is 11.3 Å². The number of nitrogens with one attached hydrogen (secondary N) is 3. The van der Waals surface area contributed by atoms with Crippen molar-refractivity contribution >= 4 is 46.2 Å². The summed E-state index contributed by atoms with van der Waals surface area (Å²) in [6, 6.07) is 6.38. The second-order valence-electron chi connectivity index (χ2n) is 9.67. The summed E-state index contributed by atoms with van der Waals surface area (Å²) < 4.78 is 5.75. The van der Waals surface area contributed by atoms with Crippen LogP contribution in [0.2, 0.25) is 0 Å². The van der Waals surface area contributed by atoms with Crippen LogP contribution in [0.3, 0.4) is 0 Å². The Morgan fingerprint density at radius 2 is 1.81 bits per heavy atom. The van der Waals surface area contributed by atoms with Gasteiger partial charge in [0.2, 0.25) is 5.89 Å². The van der Waals surface area contributed by atoms with Crippen LogP contribution in [0.25, 0.3) is 12.2 Å². The maximum atomic E-state index is 12.4. The lowest BCUT2D eigenvalue weighted by atomic mass is 9.94. The molecule has 2 aromatic heterocycles. The average molecular weight is 509 g/mol. The molecule has 3 aromatic rings. The number of nitrogens with zero attached hydrogens (tertiary/aromatic N) is 3. The third kappa shape index (κ3) is 7.25. The minimum absolute atomic E-state index is 0.103. The van der Waals surface area contributed by atoms with E-state index in [1.165, 1.54) is 24.2 Å². The summed E-state index contributed by atoms with van der Waals surface area (Å²) in [5.74, 6) is 1.22. The lowest BCUT2D eigenvalue weighted by molar-refractivity contribution is 0.0949. The van der Waals surface area contributed by atoms with E-state index in [4.69, 9.17) is 4.42 Å². The molecule has 1 saturated heterocycles. The third-order valence-corrected chi connectivity index (χ3v) is 6.59. The van der Waals surface area contributed by atoms with Crippen LogP contribution < -0.4 is 16.0 Å². The van der Waals surface area contributed by atoms with Crippen molar-refractivity contribution in [1.82, 2.24) is 20.2 Å². The zero-order valence-corrected chi connectivity index (χ0v) is 21.7. The Kier molecular flexibility index (Phi) is 8.17. The second kappa shape index (κ2) is 11.5. The minimum atomic E-state index is -0.412. The molecular formula is C26H32N6O3S. The van der Waals surface area contributed by atoms with Crippen molar-refractivity contribution in [3.63, 3.8) is 0 Å². The average Bonchev–Trinajstić information content (AvgIpc) is 3.60. The topological polar surface area (TPSA) is 112 Å². The van der Waals surface area contributed by atoms with Crippen LogP contribution >= 0.6 is 11.3 Å². The fourth-order valence-corrected chi connectivity index (χ4v) is 4.40. The second-order valence-corrected chi connectivity index (χ2v) is 10.7. The molecule has 1 aliphatic heterocycles. The molecule has 3 heterocycles. The number of oxazole rings is 1. The molecule has 1 fully saturated rings. The number of anilines is 2. The number of amides is 3. The van der Waals surface area contributed by atoms with Gasteiger partial charge in [0, 0.05) is 46.9 Å². The molecule has 0 spiro atoms. The van der Waals surface area contributed by atoms with E-state index < -0.39 is 6.03 Å². The van der Waals surface area contributed by atoms with Crippen LogP contribution in [0.15, 0.2) is 41.1 Å². The van der Waals surface area contributed by atoms with Gasteiger partial charge in [-0.1, -0.05) is 32.1 Å². The zero-order chi connectivity index (χ0) is 25.5. The van der Waals surface area contributed by atoms with E-state index in [0.717, 1.165) is 30.3 Å². The summed E-state index contributed by atoms with van der Waals surface area (Å²) in [6.45, 7) is 9.91. The van der Waals surface area contributed by atoms with Crippen molar-refractivity contribution in [3.05, 3.63) is 58.8 Å². The van der Waals surface area contributed by atoms with E-state index >= 15 is 0 Å². The number of hydrogen-bond acceptors (Lipinski definition) is 7. The molecule has 0 radical (unpaired) electrons. The molecule has 0 aliphatic carbocycles. The van der Waals surface area contributed by atoms with E-state index in [9.17, 15) is 9.59 Å². The SMILES string of the molecule is CC(C)(C)c1cnc(C=Cc2cnc(NC(=O)Nc3ccc(C(=O)NCCN4CCCC4)cc3)s2)o1. The predicted octanol–water partition coefficient (Wildman–Crippen LogP) is 5.07. The Balaban J connectivity index is 1.23. The molecular weight excluding hydrogens is 476 g/mol. The molecule has 190 valence electrons. The highest BCUT2D eigenvalue weighted by atomic mass is 32.1. The lowest BCUT2D eigenvalue weighted by Gasteiger charge is -2.14. The van der Waals surface area contributed by atoms with Gasteiger partial charge < -0.3 is 20.0 Å². The molecule has 3 N–H and O–H groups in total. The minimum Gasteiger partial charge on any atom is -0.441 e. The van der Waals surface area contributed by atoms with E-state index in [0.29, 0.717) is 28.8 Å². The number of carbonyl (C=O) groups is 2. The third-order valence-electron chi connectivity index (χ3n) is 5.71. The largest absolute Gasteiger partial charge is 0.441 e. The van der Waals surface area contributed by atoms with Gasteiger partial charge in [-0.2, -0.15) is 0 Å². The van der Waals surface area contributed by atoms with E-state index in [1.54, 1.807) is 42.7 Å². The number of thiazole rings is 1. The fourth-order valence-electron chi connectivity index (χ4n) is 3.69. The molecule has 0 bridgehead atoms. The first-order valence-electron chi connectivity index (χ1n) is 12.0. The van der Waals surface area contributed by atoms with Gasteiger partial charge in [0.05, 0.1) is 6.20 Å². The highest BCUT2D eigenvalue weighted by Gasteiger charge is 2.18. The monoisotopic (exact) mass is 508 g/mol. The van der Waals surface area contributed by atoms with Gasteiger partial charge in [-0.05, 0) is 56.3 Å². The van der Waals surface area contributed by atoms with Gasteiger partial charge in [-0.25, -0.2) is 14.8 Å². The number of carbonyl (C=O) groups excluding carboxylic acids is 2. The Hall–Kier alpha value is -3.50. The van der Waals surface area contributed by atoms with Crippen LogP contribution in [-0.2, 0) is 5.41 Å². The highest BCUT2D eigenvalue weighted by Crippen LogP contribution is 2.24. The zero-order valence-electron chi connectivity index (χ0n) is 20.8. The summed E-state index contributed by atoms with van der Waals surface area (Å²) in [6.07, 6.45) is 9.49. The van der Waals surface area contributed by atoms with Crippen molar-refractivity contribution in [2.75, 3.05) is 36.8 Å². The van der Waals surface area contributed by atoms with Gasteiger partial charge >= 0.3 is 6.03 Å². The molecule has 9 nitrogen and oxygen atoms in total. The van der Waals surface area contributed by atoms with E-state index in [1.807, 2.05) is 6.08 Å². The predicted molar refractivity (Wildman–Crippen MR) is 143 cm³/mol. The molecule has 1 aliphatic rings. The van der Waals surface area contributed by atoms with Crippen LogP contribution in [0, 0.1) is 0 Å². The van der Waals surface area contributed by atoms with Gasteiger partial charge in [-0.15, -0.1) is 0 Å². The van der Waals surface area contributed by atoms with Crippen molar-refractivity contribution in [2.24, 2.45) is 0 Å². The molecule has 0 saturated carbocycles. The van der Waals surface area contributed by atoms with Crippen LogP contribution in [0.1, 0.15) is 60.5 Å². The number of rotatable bonds is 8. The Bertz CT molecular complexity index is 1200. The normalized spacial score (nSPS) is 14.3. The molecule has 10 heteroatoms. The van der Waals surface area contributed by atoms with Crippen molar-refractivity contribution in [3.8, 4) is 0 Å². The van der Waals surface area contributed by atoms with Gasteiger partial charge in [0.25, 0.3) is 5.91 Å². The highest BCUT2D eigenvalue weighted by molar-refractivity contribution is 7.16. The van der Waals surface area contributed by atoms with Gasteiger partial charge in [-0.3, -0.25) is 10.1 Å². The summed E-state index contributed by atoms with van der Waals surface area (Å²) in [7, 11) is 0. The Morgan fingerprint density at radius 3 is 2.50 bits per heavy atom. The smallest absolute Gasteiger partial charge is 0.325 e. The maximum absolute atomic E-state index is 12.4. The van der Waals surface area contributed by atoms with Crippen LogP contribution in [0.5, 0.6) is 0 Å². The van der Waals surface area contributed by atoms with Crippen molar-refractivity contribution in [2.45, 2.75) is 39.0 Å². The van der Waals surface area contributed by atoms with Crippen molar-refractivity contribution < 1.29 is 14.0 Å². The molecule has 36 heavy (non-hydrogen) atoms. The number of urea groups is 1. The first-order valence-corrected chi connectivity index (χ1v) is 12.9. The summed E-state index contributed by atoms with van der Waals surface area (Å²) in [5, 5.41) is 8.89. The molecule has 0 atom stereocenters. The summed E-state index contributed by atoms with van der Waals surface area (Å²) in [4.78, 5) is 36.4. The number of benzene rings is 1. The summed E-state index contributed by atoms with van der Waals surface area (Å²) >= 11 is 1.33. The molecule has 3 amide bonds. The number of hydrogen-bond donors (Lipinski definition) is 3. The lowest BCUT2D eigenvalue weighted by Crippen LogP contribution is -2.33. The fraction of sp³-hybridized carbons (Fsp3) is 0.385.